The fraction of sp³-hybridized carbons (Fsp3) is 0.333. The molecule has 142 valence electrons. The lowest BCUT2D eigenvalue weighted by atomic mass is 10.2. The van der Waals surface area contributed by atoms with Crippen LogP contribution in [-0.4, -0.2) is 53.6 Å². The van der Waals surface area contributed by atoms with Crippen molar-refractivity contribution in [2.24, 2.45) is 0 Å². The third-order valence-corrected chi connectivity index (χ3v) is 8.10. The van der Waals surface area contributed by atoms with Gasteiger partial charge in [0.2, 0.25) is 0 Å². The Balaban J connectivity index is 1.46. The van der Waals surface area contributed by atoms with E-state index in [1.165, 1.54) is 20.3 Å². The van der Waals surface area contributed by atoms with E-state index in [4.69, 9.17) is 0 Å². The van der Waals surface area contributed by atoms with Crippen LogP contribution < -0.4 is 5.56 Å². The van der Waals surface area contributed by atoms with E-state index < -0.39 is 10.0 Å². The largest absolute Gasteiger partial charge is 0.282 e. The van der Waals surface area contributed by atoms with Crippen LogP contribution in [0.15, 0.2) is 51.6 Å². The summed E-state index contributed by atoms with van der Waals surface area (Å²) in [5.74, 6) is 0. The molecule has 1 aliphatic rings. The van der Waals surface area contributed by atoms with Gasteiger partial charge >= 0.3 is 0 Å². The van der Waals surface area contributed by atoms with Gasteiger partial charge in [0.05, 0.1) is 18.3 Å². The summed E-state index contributed by atoms with van der Waals surface area (Å²) in [7, 11) is -3.43. The smallest absolute Gasteiger partial charge is 0.275 e. The number of benzene rings is 1. The zero-order chi connectivity index (χ0) is 19.0. The lowest BCUT2D eigenvalue weighted by Crippen LogP contribution is -2.49. The van der Waals surface area contributed by atoms with Crippen LogP contribution in [0.1, 0.15) is 4.88 Å². The van der Waals surface area contributed by atoms with Crippen LogP contribution in [0.4, 0.5) is 0 Å². The first-order valence-corrected chi connectivity index (χ1v) is 10.9. The predicted octanol–water partition coefficient (Wildman–Crippen LogP) is 1.73. The number of rotatable bonds is 4. The molecule has 9 heteroatoms. The van der Waals surface area contributed by atoms with Crippen LogP contribution in [0.25, 0.3) is 10.8 Å². The number of hydrogen-bond acceptors (Lipinski definition) is 6. The Morgan fingerprint density at radius 2 is 1.81 bits per heavy atom. The second-order valence-electron chi connectivity index (χ2n) is 6.57. The molecule has 0 atom stereocenters. The zero-order valence-electron chi connectivity index (χ0n) is 14.9. The number of sulfonamides is 1. The van der Waals surface area contributed by atoms with Gasteiger partial charge in [0, 0.05) is 36.4 Å². The molecule has 4 rings (SSSR count). The molecule has 0 saturated carbocycles. The van der Waals surface area contributed by atoms with E-state index in [9.17, 15) is 13.2 Å². The van der Waals surface area contributed by atoms with Gasteiger partial charge < -0.3 is 0 Å². The van der Waals surface area contributed by atoms with E-state index in [1.807, 2.05) is 31.2 Å². The van der Waals surface area contributed by atoms with Crippen molar-refractivity contribution in [2.75, 3.05) is 26.2 Å². The minimum Gasteiger partial charge on any atom is -0.282 e. The quantitative estimate of drug-likeness (QED) is 0.662. The highest BCUT2D eigenvalue weighted by atomic mass is 32.2. The van der Waals surface area contributed by atoms with E-state index >= 15 is 0 Å². The summed E-state index contributed by atoms with van der Waals surface area (Å²) in [6.07, 6.45) is 1.69. The Morgan fingerprint density at radius 3 is 2.52 bits per heavy atom. The Kier molecular flexibility index (Phi) is 4.85. The number of piperazine rings is 1. The number of fused-ring (bicyclic) bond motifs is 1. The highest BCUT2D eigenvalue weighted by molar-refractivity contribution is 7.91. The van der Waals surface area contributed by atoms with Crippen LogP contribution in [0.3, 0.4) is 0 Å². The molecule has 0 N–H and O–H groups in total. The molecule has 0 aliphatic carbocycles. The molecular formula is C18H20N4O3S2. The van der Waals surface area contributed by atoms with Gasteiger partial charge in [-0.3, -0.25) is 9.69 Å². The Labute approximate surface area is 161 Å². The maximum Gasteiger partial charge on any atom is 0.275 e. The second kappa shape index (κ2) is 7.16. The number of aromatic nitrogens is 2. The first kappa shape index (κ1) is 18.3. The molecule has 0 unspecified atom stereocenters. The van der Waals surface area contributed by atoms with Crippen molar-refractivity contribution in [3.63, 3.8) is 0 Å². The van der Waals surface area contributed by atoms with Gasteiger partial charge in [-0.2, -0.15) is 9.40 Å². The van der Waals surface area contributed by atoms with Crippen molar-refractivity contribution in [1.82, 2.24) is 19.0 Å². The predicted molar refractivity (Wildman–Crippen MR) is 105 cm³/mol. The van der Waals surface area contributed by atoms with Crippen molar-refractivity contribution >= 4 is 32.1 Å². The van der Waals surface area contributed by atoms with Crippen LogP contribution in [-0.2, 0) is 16.7 Å². The third-order valence-electron chi connectivity index (χ3n) is 4.74. The van der Waals surface area contributed by atoms with Gasteiger partial charge in [0.1, 0.15) is 4.21 Å². The van der Waals surface area contributed by atoms with E-state index in [-0.39, 0.29) is 5.56 Å². The molecule has 7 nitrogen and oxygen atoms in total. The van der Waals surface area contributed by atoms with E-state index in [0.717, 1.165) is 10.3 Å². The average Bonchev–Trinajstić information content (AvgIpc) is 3.12. The van der Waals surface area contributed by atoms with Crippen molar-refractivity contribution in [1.29, 1.82) is 0 Å². The monoisotopic (exact) mass is 404 g/mol. The van der Waals surface area contributed by atoms with Gasteiger partial charge in [-0.1, -0.05) is 18.2 Å². The van der Waals surface area contributed by atoms with Crippen LogP contribution in [0.5, 0.6) is 0 Å². The molecular weight excluding hydrogens is 384 g/mol. The normalized spacial score (nSPS) is 16.8. The average molecular weight is 405 g/mol. The summed E-state index contributed by atoms with van der Waals surface area (Å²) in [4.78, 5) is 15.6. The van der Waals surface area contributed by atoms with E-state index in [2.05, 4.69) is 10.00 Å². The van der Waals surface area contributed by atoms with E-state index in [0.29, 0.717) is 42.4 Å². The first-order chi connectivity index (χ1) is 12.9. The lowest BCUT2D eigenvalue weighted by Gasteiger charge is -2.33. The number of thiophene rings is 1. The van der Waals surface area contributed by atoms with Crippen LogP contribution in [0, 0.1) is 6.92 Å². The number of hydrogen-bond donors (Lipinski definition) is 0. The van der Waals surface area contributed by atoms with Crippen LogP contribution in [0.2, 0.25) is 0 Å². The van der Waals surface area contributed by atoms with E-state index in [1.54, 1.807) is 18.3 Å². The Bertz CT molecular complexity index is 1130. The summed E-state index contributed by atoms with van der Waals surface area (Å²) in [6.45, 7) is 4.18. The second-order valence-corrected chi connectivity index (χ2v) is 10.0. The van der Waals surface area contributed by atoms with Gasteiger partial charge in [-0.15, -0.1) is 11.3 Å². The molecule has 0 bridgehead atoms. The van der Waals surface area contributed by atoms with Crippen LogP contribution >= 0.6 is 11.3 Å². The van der Waals surface area contributed by atoms with Gasteiger partial charge in [0.15, 0.2) is 0 Å². The highest BCUT2D eigenvalue weighted by Gasteiger charge is 2.29. The standard InChI is InChI=1S/C18H20N4O3S2/c1-14-6-7-17(26-14)27(24,25)21-10-8-20(9-11-21)13-22-18(23)16-5-3-2-4-15(16)12-19-22/h2-7,12H,8-11,13H2,1H3. The molecule has 3 aromatic rings. The summed E-state index contributed by atoms with van der Waals surface area (Å²) in [6, 6.07) is 10.9. The maximum atomic E-state index is 12.7. The lowest BCUT2D eigenvalue weighted by molar-refractivity contribution is 0.143. The summed E-state index contributed by atoms with van der Waals surface area (Å²) < 4.78 is 28.8. The Hall–Kier alpha value is -2.07. The summed E-state index contributed by atoms with van der Waals surface area (Å²) in [5, 5.41) is 5.71. The number of aryl methyl sites for hydroxylation is 1. The molecule has 0 radical (unpaired) electrons. The fourth-order valence-corrected chi connectivity index (χ4v) is 6.07. The Morgan fingerprint density at radius 1 is 1.07 bits per heavy atom. The van der Waals surface area contributed by atoms with Gasteiger partial charge in [-0.25, -0.2) is 13.1 Å². The minimum atomic E-state index is -3.43. The highest BCUT2D eigenvalue weighted by Crippen LogP contribution is 2.25. The molecule has 0 amide bonds. The van der Waals surface area contributed by atoms with Gasteiger partial charge in [-0.05, 0) is 25.1 Å². The molecule has 1 aliphatic heterocycles. The number of nitrogens with zero attached hydrogens (tertiary/aromatic N) is 4. The minimum absolute atomic E-state index is 0.128. The molecule has 3 heterocycles. The van der Waals surface area contributed by atoms with Crippen molar-refractivity contribution in [2.45, 2.75) is 17.8 Å². The first-order valence-electron chi connectivity index (χ1n) is 8.69. The zero-order valence-corrected chi connectivity index (χ0v) is 16.5. The molecule has 1 aromatic carbocycles. The molecule has 2 aromatic heterocycles. The van der Waals surface area contributed by atoms with Crippen molar-refractivity contribution in [3.8, 4) is 0 Å². The topological polar surface area (TPSA) is 75.5 Å². The van der Waals surface area contributed by atoms with Gasteiger partial charge in [0.25, 0.3) is 15.6 Å². The fourth-order valence-electron chi connectivity index (χ4n) is 3.21. The molecule has 27 heavy (non-hydrogen) atoms. The summed E-state index contributed by atoms with van der Waals surface area (Å²) in [5.41, 5.74) is -0.128. The maximum absolute atomic E-state index is 12.7. The molecule has 1 fully saturated rings. The third kappa shape index (κ3) is 3.55. The SMILES string of the molecule is Cc1ccc(S(=O)(=O)N2CCN(Cn3ncc4ccccc4c3=O)CC2)s1. The van der Waals surface area contributed by atoms with Crippen molar-refractivity contribution in [3.05, 3.63) is 57.8 Å². The molecule has 0 spiro atoms. The molecule has 1 saturated heterocycles. The van der Waals surface area contributed by atoms with Crippen molar-refractivity contribution < 1.29 is 8.42 Å². The summed E-state index contributed by atoms with van der Waals surface area (Å²) >= 11 is 1.30.